The number of ether oxygens (including phenoxy) is 2. The van der Waals surface area contributed by atoms with E-state index in [-0.39, 0.29) is 18.6 Å². The van der Waals surface area contributed by atoms with Crippen LogP contribution in [0.5, 0.6) is 0 Å². The van der Waals surface area contributed by atoms with Crippen LogP contribution in [0.4, 0.5) is 0 Å². The summed E-state index contributed by atoms with van der Waals surface area (Å²) in [4.78, 5) is 0.345. The number of rotatable bonds is 5. The molecule has 28 heavy (non-hydrogen) atoms. The first-order valence-corrected chi connectivity index (χ1v) is 11.2. The topological polar surface area (TPSA) is 52.6 Å². The van der Waals surface area contributed by atoms with Crippen LogP contribution in [0.2, 0.25) is 0 Å². The molecule has 0 bridgehead atoms. The number of hydrogen-bond acceptors (Lipinski definition) is 4. The molecule has 0 N–H and O–H groups in total. The van der Waals surface area contributed by atoms with Gasteiger partial charge in [-0.1, -0.05) is 60.7 Å². The Balaban J connectivity index is 1.75. The first-order chi connectivity index (χ1) is 13.4. The van der Waals surface area contributed by atoms with Gasteiger partial charge >= 0.3 is 0 Å². The van der Waals surface area contributed by atoms with E-state index in [1.807, 2.05) is 43.3 Å². The number of allylic oxidation sites excluding steroid dienone is 1. The maximum Gasteiger partial charge on any atom is 0.187 e. The van der Waals surface area contributed by atoms with Gasteiger partial charge in [-0.25, -0.2) is 8.42 Å². The highest BCUT2D eigenvalue weighted by atomic mass is 32.2. The van der Waals surface area contributed by atoms with E-state index in [2.05, 4.69) is 6.58 Å². The molecule has 1 aliphatic heterocycles. The fraction of sp³-hybridized carbons (Fsp3) is 0.391. The first-order valence-electron chi connectivity index (χ1n) is 9.68. The van der Waals surface area contributed by atoms with Crippen LogP contribution in [0.1, 0.15) is 25.3 Å². The summed E-state index contributed by atoms with van der Waals surface area (Å²) in [7, 11) is -3.65. The molecule has 4 nitrogen and oxygen atoms in total. The third-order valence-electron chi connectivity index (χ3n) is 6.13. The Morgan fingerprint density at radius 1 is 1.11 bits per heavy atom. The number of fused-ring (bicyclic) bond motifs is 1. The highest BCUT2D eigenvalue weighted by Gasteiger charge is 2.63. The van der Waals surface area contributed by atoms with Crippen molar-refractivity contribution in [2.24, 2.45) is 5.92 Å². The number of hydrogen-bond donors (Lipinski definition) is 0. The average Bonchev–Trinajstić information content (AvgIpc) is 3.09. The standard InChI is InChI=1S/C23H26O4S/c1-17-13-21-18(2)26-16-22(27-15-19-9-5-3-6-10-19)23(21,14-17)28(24,25)20-11-7-4-8-12-20/h3-12,18,21-22H,1,13-16H2,2H3/t18-,21+,22-,23-/m0/s1. The zero-order valence-corrected chi connectivity index (χ0v) is 16.9. The van der Waals surface area contributed by atoms with Crippen molar-refractivity contribution in [3.05, 3.63) is 78.4 Å². The summed E-state index contributed by atoms with van der Waals surface area (Å²) in [5, 5.41) is 0. The molecule has 2 aliphatic rings. The van der Waals surface area contributed by atoms with E-state index in [4.69, 9.17) is 9.47 Å². The Morgan fingerprint density at radius 2 is 1.75 bits per heavy atom. The quantitative estimate of drug-likeness (QED) is 0.710. The van der Waals surface area contributed by atoms with E-state index in [0.717, 1.165) is 11.1 Å². The first kappa shape index (κ1) is 19.4. The molecule has 0 radical (unpaired) electrons. The Kier molecular flexibility index (Phi) is 5.17. The highest BCUT2D eigenvalue weighted by molar-refractivity contribution is 7.93. The SMILES string of the molecule is C=C1C[C@@H]2[C@H](C)OC[C@H](OCc3ccccc3)[C@]2(S(=O)(=O)c2ccccc2)C1. The van der Waals surface area contributed by atoms with Crippen molar-refractivity contribution in [2.75, 3.05) is 6.61 Å². The molecule has 0 spiro atoms. The Labute approximate surface area is 167 Å². The summed E-state index contributed by atoms with van der Waals surface area (Å²) >= 11 is 0. The second kappa shape index (κ2) is 7.47. The van der Waals surface area contributed by atoms with Crippen LogP contribution < -0.4 is 0 Å². The zero-order chi connectivity index (χ0) is 19.8. The Hall–Kier alpha value is -1.95. The van der Waals surface area contributed by atoms with Crippen molar-refractivity contribution in [3.8, 4) is 0 Å². The van der Waals surface area contributed by atoms with Crippen molar-refractivity contribution in [2.45, 2.75) is 48.2 Å². The third-order valence-corrected chi connectivity index (χ3v) is 8.74. The lowest BCUT2D eigenvalue weighted by Gasteiger charge is -2.47. The predicted octanol–water partition coefficient (Wildman–Crippen LogP) is 4.17. The molecule has 1 heterocycles. The molecule has 4 atom stereocenters. The molecular formula is C23H26O4S. The average molecular weight is 399 g/mol. The minimum Gasteiger partial charge on any atom is -0.375 e. The largest absolute Gasteiger partial charge is 0.375 e. The molecule has 2 aromatic carbocycles. The van der Waals surface area contributed by atoms with Gasteiger partial charge in [-0.05, 0) is 37.5 Å². The fourth-order valence-corrected chi connectivity index (χ4v) is 7.24. The maximum absolute atomic E-state index is 13.9. The van der Waals surface area contributed by atoms with Crippen molar-refractivity contribution < 1.29 is 17.9 Å². The Morgan fingerprint density at radius 3 is 2.43 bits per heavy atom. The monoisotopic (exact) mass is 398 g/mol. The summed E-state index contributed by atoms with van der Waals surface area (Å²) in [6, 6.07) is 18.5. The summed E-state index contributed by atoms with van der Waals surface area (Å²) in [5.41, 5.74) is 1.97. The van der Waals surface area contributed by atoms with Crippen LogP contribution in [0.25, 0.3) is 0 Å². The molecule has 0 amide bonds. The summed E-state index contributed by atoms with van der Waals surface area (Å²) in [6.45, 7) is 6.73. The van der Waals surface area contributed by atoms with E-state index < -0.39 is 20.7 Å². The van der Waals surface area contributed by atoms with Crippen LogP contribution in [-0.2, 0) is 25.9 Å². The summed E-state index contributed by atoms with van der Waals surface area (Å²) in [5.74, 6) is -0.167. The minimum atomic E-state index is -3.65. The van der Waals surface area contributed by atoms with Gasteiger partial charge in [0.1, 0.15) is 10.9 Å². The molecule has 1 saturated carbocycles. The zero-order valence-electron chi connectivity index (χ0n) is 16.1. The van der Waals surface area contributed by atoms with E-state index in [9.17, 15) is 8.42 Å². The second-order valence-corrected chi connectivity index (χ2v) is 10.1. The molecule has 0 unspecified atom stereocenters. The molecule has 2 fully saturated rings. The number of sulfone groups is 1. The maximum atomic E-state index is 13.9. The second-order valence-electron chi connectivity index (χ2n) is 7.83. The molecule has 4 rings (SSSR count). The van der Waals surface area contributed by atoms with Crippen LogP contribution in [-0.4, -0.2) is 32.0 Å². The van der Waals surface area contributed by atoms with E-state index >= 15 is 0 Å². The van der Waals surface area contributed by atoms with Gasteiger partial charge < -0.3 is 9.47 Å². The fourth-order valence-electron chi connectivity index (χ4n) is 4.74. The lowest BCUT2D eigenvalue weighted by atomic mass is 9.83. The van der Waals surface area contributed by atoms with Crippen LogP contribution in [0, 0.1) is 5.92 Å². The molecule has 148 valence electrons. The predicted molar refractivity (Wildman–Crippen MR) is 109 cm³/mol. The summed E-state index contributed by atoms with van der Waals surface area (Å²) < 4.78 is 39.0. The third kappa shape index (κ3) is 3.11. The van der Waals surface area contributed by atoms with Crippen molar-refractivity contribution >= 4 is 9.84 Å². The van der Waals surface area contributed by atoms with Gasteiger partial charge in [-0.2, -0.15) is 0 Å². The molecule has 5 heteroatoms. The smallest absolute Gasteiger partial charge is 0.187 e. The Bertz CT molecular complexity index is 939. The molecule has 2 aromatic rings. The van der Waals surface area contributed by atoms with E-state index in [1.165, 1.54) is 0 Å². The lowest BCUT2D eigenvalue weighted by molar-refractivity contribution is -0.128. The van der Waals surface area contributed by atoms with Crippen LogP contribution in [0.15, 0.2) is 77.7 Å². The number of benzene rings is 2. The van der Waals surface area contributed by atoms with Crippen molar-refractivity contribution in [1.82, 2.24) is 0 Å². The van der Waals surface area contributed by atoms with Gasteiger partial charge in [0, 0.05) is 5.92 Å². The van der Waals surface area contributed by atoms with Gasteiger partial charge in [0.25, 0.3) is 0 Å². The van der Waals surface area contributed by atoms with Crippen molar-refractivity contribution in [1.29, 1.82) is 0 Å². The highest BCUT2D eigenvalue weighted by Crippen LogP contribution is 2.53. The minimum absolute atomic E-state index is 0.158. The molecule has 1 aliphatic carbocycles. The lowest BCUT2D eigenvalue weighted by Crippen LogP contribution is -2.61. The molecule has 1 saturated heterocycles. The summed E-state index contributed by atoms with van der Waals surface area (Å²) in [6.07, 6.45) is 0.369. The molecule has 0 aromatic heterocycles. The van der Waals surface area contributed by atoms with Crippen LogP contribution in [0.3, 0.4) is 0 Å². The molecular weight excluding hydrogens is 372 g/mol. The van der Waals surface area contributed by atoms with Gasteiger partial charge in [0.15, 0.2) is 9.84 Å². The van der Waals surface area contributed by atoms with Gasteiger partial charge in [-0.3, -0.25) is 0 Å². The van der Waals surface area contributed by atoms with Gasteiger partial charge in [0.05, 0.1) is 24.2 Å². The van der Waals surface area contributed by atoms with Gasteiger partial charge in [-0.15, -0.1) is 0 Å². The normalized spacial score (nSPS) is 30.2. The van der Waals surface area contributed by atoms with E-state index in [1.54, 1.807) is 24.3 Å². The van der Waals surface area contributed by atoms with Crippen LogP contribution >= 0.6 is 0 Å². The van der Waals surface area contributed by atoms with E-state index in [0.29, 0.717) is 24.3 Å². The van der Waals surface area contributed by atoms with Crippen molar-refractivity contribution in [3.63, 3.8) is 0 Å². The van der Waals surface area contributed by atoms with Gasteiger partial charge in [0.2, 0.25) is 0 Å².